The van der Waals surface area contributed by atoms with Crippen molar-refractivity contribution in [1.29, 1.82) is 0 Å². The zero-order chi connectivity index (χ0) is 20.9. The lowest BCUT2D eigenvalue weighted by molar-refractivity contribution is 0.0620. The summed E-state index contributed by atoms with van der Waals surface area (Å²) in [5, 5.41) is 3.30. The molecule has 5 heterocycles. The third kappa shape index (κ3) is 3.65. The molecule has 0 aliphatic carbocycles. The van der Waals surface area contributed by atoms with Crippen LogP contribution in [0, 0.1) is 5.92 Å². The number of benzene rings is 1. The van der Waals surface area contributed by atoms with E-state index in [0.29, 0.717) is 12.0 Å². The van der Waals surface area contributed by atoms with Crippen molar-refractivity contribution in [2.24, 2.45) is 5.92 Å². The molecule has 1 amide bonds. The van der Waals surface area contributed by atoms with E-state index in [0.717, 1.165) is 23.2 Å². The molecular weight excluding hydrogens is 370 g/mol. The van der Waals surface area contributed by atoms with Crippen LogP contribution >= 0.6 is 0 Å². The Morgan fingerprint density at radius 3 is 2.30 bits per heavy atom. The highest BCUT2D eigenvalue weighted by Crippen LogP contribution is 2.29. The summed E-state index contributed by atoms with van der Waals surface area (Å²) in [4.78, 5) is 15.4. The Hall–Kier alpha value is -2.59. The number of carbonyl (C=O) groups excluding carboxylic acids is 1. The fraction of sp³-hybridized carbons (Fsp3) is 0.423. The van der Waals surface area contributed by atoms with Gasteiger partial charge in [0.25, 0.3) is 5.91 Å². The molecule has 2 bridgehead atoms. The van der Waals surface area contributed by atoms with Gasteiger partial charge in [0.1, 0.15) is 0 Å². The lowest BCUT2D eigenvalue weighted by atomic mass is 9.84. The zero-order valence-electron chi connectivity index (χ0n) is 18.2. The minimum Gasteiger partial charge on any atom is -0.348 e. The van der Waals surface area contributed by atoms with Crippen molar-refractivity contribution in [1.82, 2.24) is 14.6 Å². The van der Waals surface area contributed by atoms with E-state index in [9.17, 15) is 4.79 Å². The first kappa shape index (κ1) is 19.4. The molecule has 0 radical (unpaired) electrons. The van der Waals surface area contributed by atoms with E-state index in [1.165, 1.54) is 37.1 Å². The molecule has 0 saturated carbocycles. The average molecular weight is 402 g/mol. The van der Waals surface area contributed by atoms with Crippen LogP contribution in [0.5, 0.6) is 0 Å². The van der Waals surface area contributed by atoms with Gasteiger partial charge in [-0.2, -0.15) is 0 Å². The maximum atomic E-state index is 12.9. The van der Waals surface area contributed by atoms with Crippen molar-refractivity contribution in [2.45, 2.75) is 45.1 Å². The molecule has 1 aromatic carbocycles. The zero-order valence-corrected chi connectivity index (χ0v) is 18.2. The summed E-state index contributed by atoms with van der Waals surface area (Å²) in [7, 11) is 0. The van der Waals surface area contributed by atoms with E-state index in [4.69, 9.17) is 0 Å². The molecule has 4 nitrogen and oxygen atoms in total. The topological polar surface area (TPSA) is 36.8 Å². The number of pyridine rings is 1. The second kappa shape index (κ2) is 7.28. The molecule has 1 atom stereocenters. The first-order valence-electron chi connectivity index (χ1n) is 11.1. The smallest absolute Gasteiger partial charge is 0.253 e. The van der Waals surface area contributed by atoms with Crippen LogP contribution in [0.3, 0.4) is 0 Å². The van der Waals surface area contributed by atoms with Gasteiger partial charge in [-0.3, -0.25) is 4.79 Å². The van der Waals surface area contributed by atoms with Gasteiger partial charge in [-0.15, -0.1) is 0 Å². The predicted octanol–water partition coefficient (Wildman–Crippen LogP) is 4.73. The lowest BCUT2D eigenvalue weighted by Crippen LogP contribution is -2.57. The van der Waals surface area contributed by atoms with Gasteiger partial charge in [0.05, 0.1) is 5.56 Å². The molecule has 2 aromatic heterocycles. The number of nitrogens with zero attached hydrogens (tertiary/aromatic N) is 2. The van der Waals surface area contributed by atoms with Crippen LogP contribution in [0.25, 0.3) is 16.6 Å². The Labute approximate surface area is 178 Å². The lowest BCUT2D eigenvalue weighted by Gasteiger charge is -2.44. The van der Waals surface area contributed by atoms with E-state index < -0.39 is 0 Å². The summed E-state index contributed by atoms with van der Waals surface area (Å²) in [6.45, 7) is 10.1. The van der Waals surface area contributed by atoms with Gasteiger partial charge in [-0.05, 0) is 66.1 Å². The molecule has 6 rings (SSSR count). The van der Waals surface area contributed by atoms with Crippen molar-refractivity contribution >= 4 is 11.4 Å². The van der Waals surface area contributed by atoms with Crippen LogP contribution < -0.4 is 5.32 Å². The summed E-state index contributed by atoms with van der Waals surface area (Å²) in [6.07, 6.45) is 6.49. The third-order valence-electron chi connectivity index (χ3n) is 6.91. The SMILES string of the molecule is CC(C)(C)c1ccc(-c2ccc3cc(C(=O)NC4CN5CCC4CC5)cn3c2)cc1. The molecule has 156 valence electrons. The third-order valence-corrected chi connectivity index (χ3v) is 6.91. The van der Waals surface area contributed by atoms with Gasteiger partial charge in [0.2, 0.25) is 0 Å². The summed E-state index contributed by atoms with van der Waals surface area (Å²) in [5.74, 6) is 0.687. The first-order chi connectivity index (χ1) is 14.4. The fourth-order valence-electron chi connectivity index (χ4n) is 4.95. The number of hydrogen-bond acceptors (Lipinski definition) is 2. The molecule has 1 N–H and O–H groups in total. The molecular formula is C26H31N3O. The molecule has 4 heteroatoms. The predicted molar refractivity (Wildman–Crippen MR) is 122 cm³/mol. The Balaban J connectivity index is 1.35. The number of rotatable bonds is 3. The molecule has 0 spiro atoms. The van der Waals surface area contributed by atoms with Gasteiger partial charge in [-0.1, -0.05) is 51.1 Å². The van der Waals surface area contributed by atoms with E-state index in [2.05, 4.69) is 78.0 Å². The number of carbonyl (C=O) groups is 1. The Morgan fingerprint density at radius 2 is 1.67 bits per heavy atom. The number of piperidine rings is 3. The molecule has 3 saturated heterocycles. The Kier molecular flexibility index (Phi) is 4.70. The van der Waals surface area contributed by atoms with Crippen molar-refractivity contribution in [2.75, 3.05) is 19.6 Å². The summed E-state index contributed by atoms with van der Waals surface area (Å²) in [6, 6.07) is 15.3. The summed E-state index contributed by atoms with van der Waals surface area (Å²) >= 11 is 0. The van der Waals surface area contributed by atoms with E-state index in [-0.39, 0.29) is 11.3 Å². The number of nitrogens with one attached hydrogen (secondary N) is 1. The number of fused-ring (bicyclic) bond motifs is 4. The maximum absolute atomic E-state index is 12.9. The van der Waals surface area contributed by atoms with Crippen LogP contribution in [-0.2, 0) is 5.41 Å². The van der Waals surface area contributed by atoms with Gasteiger partial charge >= 0.3 is 0 Å². The van der Waals surface area contributed by atoms with Gasteiger partial charge in [0, 0.05) is 30.5 Å². The van der Waals surface area contributed by atoms with Crippen molar-refractivity contribution in [3.8, 4) is 11.1 Å². The van der Waals surface area contributed by atoms with Crippen LogP contribution in [0.2, 0.25) is 0 Å². The summed E-state index contributed by atoms with van der Waals surface area (Å²) in [5.41, 5.74) is 5.62. The molecule has 30 heavy (non-hydrogen) atoms. The highest BCUT2D eigenvalue weighted by atomic mass is 16.1. The highest BCUT2D eigenvalue weighted by Gasteiger charge is 2.35. The molecule has 1 unspecified atom stereocenters. The largest absolute Gasteiger partial charge is 0.348 e. The van der Waals surface area contributed by atoms with E-state index in [1.54, 1.807) is 0 Å². The number of amides is 1. The normalized spacial score (nSPS) is 23.6. The van der Waals surface area contributed by atoms with Crippen molar-refractivity contribution in [3.05, 3.63) is 66.0 Å². The van der Waals surface area contributed by atoms with Crippen molar-refractivity contribution in [3.63, 3.8) is 0 Å². The Morgan fingerprint density at radius 1 is 0.967 bits per heavy atom. The highest BCUT2D eigenvalue weighted by molar-refractivity contribution is 5.96. The molecule has 3 fully saturated rings. The standard InChI is InChI=1S/C26H31N3O/c1-26(2,3)22-7-4-18(5-8-22)20-6-9-23-14-21(16-29(23)15-20)25(30)27-24-17-28-12-10-19(24)11-13-28/h4-9,14-16,19,24H,10-13,17H2,1-3H3,(H,27,30). The van der Waals surface area contributed by atoms with Crippen LogP contribution in [0.4, 0.5) is 0 Å². The number of hydrogen-bond donors (Lipinski definition) is 1. The van der Waals surface area contributed by atoms with Crippen LogP contribution in [0.1, 0.15) is 49.5 Å². The minimum absolute atomic E-state index is 0.0496. The molecule has 3 aromatic rings. The van der Waals surface area contributed by atoms with E-state index >= 15 is 0 Å². The van der Waals surface area contributed by atoms with Gasteiger partial charge in [0.15, 0.2) is 0 Å². The second-order valence-electron chi connectivity index (χ2n) is 10.0. The van der Waals surface area contributed by atoms with Crippen molar-refractivity contribution < 1.29 is 4.79 Å². The minimum atomic E-state index is 0.0496. The van der Waals surface area contributed by atoms with Gasteiger partial charge < -0.3 is 14.6 Å². The van der Waals surface area contributed by atoms with Crippen LogP contribution in [-0.4, -0.2) is 40.9 Å². The quantitative estimate of drug-likeness (QED) is 0.689. The number of aromatic nitrogens is 1. The average Bonchev–Trinajstić information content (AvgIpc) is 3.18. The maximum Gasteiger partial charge on any atom is 0.253 e. The van der Waals surface area contributed by atoms with E-state index in [1.807, 2.05) is 12.3 Å². The molecule has 3 aliphatic heterocycles. The molecule has 3 aliphatic rings. The van der Waals surface area contributed by atoms with Gasteiger partial charge in [-0.25, -0.2) is 0 Å². The van der Waals surface area contributed by atoms with Crippen LogP contribution in [0.15, 0.2) is 54.9 Å². The Bertz CT molecular complexity index is 1070. The second-order valence-corrected chi connectivity index (χ2v) is 10.0. The fourth-order valence-corrected chi connectivity index (χ4v) is 4.95. The monoisotopic (exact) mass is 401 g/mol. The summed E-state index contributed by atoms with van der Waals surface area (Å²) < 4.78 is 2.07. The first-order valence-corrected chi connectivity index (χ1v) is 11.1.